The van der Waals surface area contributed by atoms with Gasteiger partial charge in [-0.15, -0.1) is 0 Å². The molecule has 2 amide bonds. The van der Waals surface area contributed by atoms with E-state index in [1.165, 1.54) is 12.1 Å². The number of pyridine rings is 1. The van der Waals surface area contributed by atoms with Crippen LogP contribution in [0.1, 0.15) is 22.6 Å². The minimum absolute atomic E-state index is 0.0186. The molecule has 1 unspecified atom stereocenters. The number of benzene rings is 1. The third-order valence-corrected chi connectivity index (χ3v) is 4.61. The molecule has 1 atom stereocenters. The first kappa shape index (κ1) is 21.9. The van der Waals surface area contributed by atoms with E-state index in [2.05, 4.69) is 30.6 Å². The smallest absolute Gasteiger partial charge is 0.417 e. The van der Waals surface area contributed by atoms with Gasteiger partial charge in [0.15, 0.2) is 5.82 Å². The van der Waals surface area contributed by atoms with Gasteiger partial charge in [-0.2, -0.15) is 23.1 Å². The largest absolute Gasteiger partial charge is 0.439 e. The van der Waals surface area contributed by atoms with E-state index in [-0.39, 0.29) is 29.4 Å². The van der Waals surface area contributed by atoms with Crippen LogP contribution in [-0.4, -0.2) is 44.3 Å². The van der Waals surface area contributed by atoms with Crippen LogP contribution in [0.4, 0.5) is 19.1 Å². The molecule has 4 N–H and O–H groups in total. The number of ether oxygens (including phenoxy) is 1. The van der Waals surface area contributed by atoms with Crippen molar-refractivity contribution in [2.45, 2.75) is 18.6 Å². The number of anilines is 1. The Kier molecular flexibility index (Phi) is 5.77. The highest BCUT2D eigenvalue weighted by molar-refractivity contribution is 5.90. The number of hydrogen-bond acceptors (Lipinski definition) is 8. The van der Waals surface area contributed by atoms with Crippen molar-refractivity contribution in [2.24, 2.45) is 5.73 Å². The summed E-state index contributed by atoms with van der Waals surface area (Å²) in [5.41, 5.74) is 4.91. The summed E-state index contributed by atoms with van der Waals surface area (Å²) in [5, 5.41) is 5.53. The van der Waals surface area contributed by atoms with Gasteiger partial charge in [0.05, 0.1) is 5.56 Å². The Morgan fingerprint density at radius 2 is 1.88 bits per heavy atom. The van der Waals surface area contributed by atoms with Crippen molar-refractivity contribution in [3.05, 3.63) is 54.0 Å². The first-order valence-electron chi connectivity index (χ1n) is 9.61. The Morgan fingerprint density at radius 1 is 1.12 bits per heavy atom. The van der Waals surface area contributed by atoms with Crippen molar-refractivity contribution < 1.29 is 27.5 Å². The van der Waals surface area contributed by atoms with Crippen molar-refractivity contribution in [1.29, 1.82) is 0 Å². The number of halogens is 3. The number of nitrogens with one attached hydrogen (secondary N) is 2. The van der Waals surface area contributed by atoms with Gasteiger partial charge in [0.2, 0.25) is 23.6 Å². The minimum Gasteiger partial charge on any atom is -0.439 e. The molecule has 0 radical (unpaired) electrons. The lowest BCUT2D eigenvalue weighted by Crippen LogP contribution is -2.31. The predicted molar refractivity (Wildman–Crippen MR) is 108 cm³/mol. The van der Waals surface area contributed by atoms with Gasteiger partial charge < -0.3 is 21.1 Å². The molecular weight excluding hydrogens is 443 g/mol. The van der Waals surface area contributed by atoms with Crippen molar-refractivity contribution in [3.63, 3.8) is 0 Å². The predicted octanol–water partition coefficient (Wildman–Crippen LogP) is 2.14. The maximum Gasteiger partial charge on any atom is 0.417 e. The molecule has 1 saturated heterocycles. The second-order valence-corrected chi connectivity index (χ2v) is 6.96. The first-order chi connectivity index (χ1) is 15.7. The lowest BCUT2D eigenvalue weighted by molar-refractivity contribution is -0.137. The number of hydrogen-bond donors (Lipinski definition) is 3. The lowest BCUT2D eigenvalue weighted by atomic mass is 10.2. The normalized spacial score (nSPS) is 15.7. The summed E-state index contributed by atoms with van der Waals surface area (Å²) in [6.07, 6.45) is -3.29. The highest BCUT2D eigenvalue weighted by atomic mass is 19.4. The molecule has 0 bridgehead atoms. The average molecular weight is 459 g/mol. The van der Waals surface area contributed by atoms with E-state index in [1.54, 1.807) is 12.1 Å². The number of nitrogens with zero attached hydrogens (tertiary/aromatic N) is 4. The third-order valence-electron chi connectivity index (χ3n) is 4.61. The van der Waals surface area contributed by atoms with Gasteiger partial charge >= 0.3 is 6.18 Å². The Morgan fingerprint density at radius 3 is 2.45 bits per heavy atom. The SMILES string of the molecule is NC(=O)c1nc(NC2CCNC2=O)nc(-c2ccc(Oc3ccc(C(F)(F)F)cn3)cc2)n1. The van der Waals surface area contributed by atoms with Crippen LogP contribution in [0.3, 0.4) is 0 Å². The Hall–Kier alpha value is -4.29. The van der Waals surface area contributed by atoms with Gasteiger partial charge in [-0.1, -0.05) is 0 Å². The highest BCUT2D eigenvalue weighted by Crippen LogP contribution is 2.30. The van der Waals surface area contributed by atoms with Crippen LogP contribution in [0.25, 0.3) is 11.4 Å². The minimum atomic E-state index is -4.49. The molecule has 3 heterocycles. The molecule has 2 aromatic heterocycles. The summed E-state index contributed by atoms with van der Waals surface area (Å²) in [6.45, 7) is 0.506. The van der Waals surface area contributed by atoms with E-state index in [4.69, 9.17) is 10.5 Å². The fourth-order valence-corrected chi connectivity index (χ4v) is 2.97. The van der Waals surface area contributed by atoms with Gasteiger partial charge in [-0.25, -0.2) is 9.97 Å². The quantitative estimate of drug-likeness (QED) is 0.508. The fourth-order valence-electron chi connectivity index (χ4n) is 2.97. The number of nitrogens with two attached hydrogens (primary N) is 1. The fraction of sp³-hybridized carbons (Fsp3) is 0.200. The number of alkyl halides is 3. The molecule has 33 heavy (non-hydrogen) atoms. The molecule has 0 aliphatic carbocycles. The summed E-state index contributed by atoms with van der Waals surface area (Å²) in [5.74, 6) is -0.939. The summed E-state index contributed by atoms with van der Waals surface area (Å²) in [7, 11) is 0. The van der Waals surface area contributed by atoms with Gasteiger partial charge in [0.1, 0.15) is 11.8 Å². The van der Waals surface area contributed by atoms with E-state index in [0.29, 0.717) is 30.5 Å². The molecule has 10 nitrogen and oxygen atoms in total. The monoisotopic (exact) mass is 459 g/mol. The molecule has 1 aromatic carbocycles. The summed E-state index contributed by atoms with van der Waals surface area (Å²) in [4.78, 5) is 39.3. The second-order valence-electron chi connectivity index (χ2n) is 6.96. The highest BCUT2D eigenvalue weighted by Gasteiger charge is 2.30. The van der Waals surface area contributed by atoms with Crippen LogP contribution >= 0.6 is 0 Å². The summed E-state index contributed by atoms with van der Waals surface area (Å²) < 4.78 is 43.4. The molecule has 0 spiro atoms. The summed E-state index contributed by atoms with van der Waals surface area (Å²) in [6, 6.07) is 7.63. The number of aromatic nitrogens is 4. The van der Waals surface area contributed by atoms with Crippen molar-refractivity contribution in [2.75, 3.05) is 11.9 Å². The van der Waals surface area contributed by atoms with Crippen LogP contribution in [0.2, 0.25) is 0 Å². The van der Waals surface area contributed by atoms with Gasteiger partial charge in [-0.3, -0.25) is 9.59 Å². The maximum absolute atomic E-state index is 12.6. The van der Waals surface area contributed by atoms with Gasteiger partial charge in [0.25, 0.3) is 5.91 Å². The van der Waals surface area contributed by atoms with E-state index < -0.39 is 23.7 Å². The number of carbonyl (C=O) groups is 2. The number of amides is 2. The number of rotatable bonds is 6. The van der Waals surface area contributed by atoms with Crippen molar-refractivity contribution in [3.8, 4) is 23.0 Å². The zero-order valence-corrected chi connectivity index (χ0v) is 16.8. The molecule has 1 aliphatic heterocycles. The lowest BCUT2D eigenvalue weighted by Gasteiger charge is -2.12. The summed E-state index contributed by atoms with van der Waals surface area (Å²) >= 11 is 0. The van der Waals surface area contributed by atoms with Crippen LogP contribution in [0.5, 0.6) is 11.6 Å². The Labute approximate surface area is 184 Å². The van der Waals surface area contributed by atoms with Gasteiger partial charge in [0, 0.05) is 24.4 Å². The topological polar surface area (TPSA) is 145 Å². The molecule has 0 saturated carbocycles. The Bertz CT molecular complexity index is 1190. The van der Waals surface area contributed by atoms with E-state index in [1.807, 2.05) is 0 Å². The van der Waals surface area contributed by atoms with Crippen LogP contribution in [-0.2, 0) is 11.0 Å². The molecular formula is C20H16F3N7O3. The molecule has 3 aromatic rings. The maximum atomic E-state index is 12.6. The number of primary amides is 1. The van der Waals surface area contributed by atoms with Crippen LogP contribution < -0.4 is 21.1 Å². The third kappa shape index (κ3) is 5.14. The van der Waals surface area contributed by atoms with E-state index in [0.717, 1.165) is 12.1 Å². The van der Waals surface area contributed by atoms with E-state index >= 15 is 0 Å². The van der Waals surface area contributed by atoms with Crippen molar-refractivity contribution >= 4 is 17.8 Å². The zero-order valence-electron chi connectivity index (χ0n) is 16.8. The van der Waals surface area contributed by atoms with Crippen molar-refractivity contribution in [1.82, 2.24) is 25.3 Å². The van der Waals surface area contributed by atoms with E-state index in [9.17, 15) is 22.8 Å². The zero-order chi connectivity index (χ0) is 23.6. The first-order valence-corrected chi connectivity index (χ1v) is 9.61. The second kappa shape index (κ2) is 8.68. The van der Waals surface area contributed by atoms with Crippen LogP contribution in [0, 0.1) is 0 Å². The standard InChI is InChI=1S/C20H16F3N7O3/c21-20(22,23)11-3-6-14(26-9-11)33-12-4-1-10(2-5-12)16-28-17(15(24)31)30-19(29-16)27-13-7-8-25-18(13)32/h1-6,9,13H,7-8H2,(H2,24,31)(H,25,32)(H,27,28,29,30). The average Bonchev–Trinajstić information content (AvgIpc) is 3.18. The molecule has 1 fully saturated rings. The molecule has 13 heteroatoms. The van der Waals surface area contributed by atoms with Crippen LogP contribution in [0.15, 0.2) is 42.6 Å². The Balaban J connectivity index is 1.54. The number of carbonyl (C=O) groups excluding carboxylic acids is 2. The van der Waals surface area contributed by atoms with Gasteiger partial charge in [-0.05, 0) is 36.8 Å². The molecule has 170 valence electrons. The molecule has 4 rings (SSSR count). The molecule has 1 aliphatic rings.